The number of hydrogen-bond acceptors (Lipinski definition) is 1. The van der Waals surface area contributed by atoms with E-state index >= 15 is 0 Å². The Morgan fingerprint density at radius 2 is 1.72 bits per heavy atom. The highest BCUT2D eigenvalue weighted by Crippen LogP contribution is 2.25. The third-order valence-corrected chi connectivity index (χ3v) is 3.17. The van der Waals surface area contributed by atoms with Gasteiger partial charge in [0.05, 0.1) is 5.88 Å². The van der Waals surface area contributed by atoms with Gasteiger partial charge in [0.15, 0.2) is 0 Å². The molecule has 2 heteroatoms. The summed E-state index contributed by atoms with van der Waals surface area (Å²) in [5.74, 6) is 1.37. The Bertz CT molecular complexity index is 534. The zero-order chi connectivity index (χ0) is 13.0. The van der Waals surface area contributed by atoms with E-state index < -0.39 is 0 Å². The Morgan fingerprint density at radius 1 is 0.944 bits per heavy atom. The third kappa shape index (κ3) is 3.05. The highest BCUT2D eigenvalue weighted by molar-refractivity contribution is 6.18. The van der Waals surface area contributed by atoms with Gasteiger partial charge in [-0.1, -0.05) is 30.3 Å². The summed E-state index contributed by atoms with van der Waals surface area (Å²) in [5.41, 5.74) is 5.01. The van der Waals surface area contributed by atoms with E-state index in [1.165, 1.54) is 22.3 Å². The SMILES string of the molecule is Cc1ccc(-c2cccc(OCCCl)c2)cc1C. The van der Waals surface area contributed by atoms with Crippen LogP contribution in [0.1, 0.15) is 11.1 Å². The van der Waals surface area contributed by atoms with Crippen LogP contribution in [0.4, 0.5) is 0 Å². The molecule has 0 amide bonds. The molecule has 18 heavy (non-hydrogen) atoms. The first kappa shape index (κ1) is 13.0. The number of ether oxygens (including phenoxy) is 1. The lowest BCUT2D eigenvalue weighted by Gasteiger charge is -2.08. The van der Waals surface area contributed by atoms with Crippen molar-refractivity contribution in [1.82, 2.24) is 0 Å². The van der Waals surface area contributed by atoms with E-state index in [4.69, 9.17) is 16.3 Å². The molecule has 0 N–H and O–H groups in total. The van der Waals surface area contributed by atoms with Crippen molar-refractivity contribution in [3.63, 3.8) is 0 Å². The van der Waals surface area contributed by atoms with Crippen molar-refractivity contribution in [3.05, 3.63) is 53.6 Å². The van der Waals surface area contributed by atoms with E-state index in [0.717, 1.165) is 5.75 Å². The van der Waals surface area contributed by atoms with E-state index in [0.29, 0.717) is 12.5 Å². The number of alkyl halides is 1. The molecule has 2 aromatic rings. The lowest BCUT2D eigenvalue weighted by Crippen LogP contribution is -1.97. The van der Waals surface area contributed by atoms with Gasteiger partial charge < -0.3 is 4.74 Å². The fraction of sp³-hybridized carbons (Fsp3) is 0.250. The van der Waals surface area contributed by atoms with Crippen molar-refractivity contribution >= 4 is 11.6 Å². The molecule has 0 aliphatic heterocycles. The Hall–Kier alpha value is -1.47. The summed E-state index contributed by atoms with van der Waals surface area (Å²) in [6.45, 7) is 4.80. The molecule has 0 spiro atoms. The van der Waals surface area contributed by atoms with E-state index in [9.17, 15) is 0 Å². The molecule has 0 saturated heterocycles. The predicted octanol–water partition coefficient (Wildman–Crippen LogP) is 4.59. The Kier molecular flexibility index (Phi) is 4.27. The van der Waals surface area contributed by atoms with Crippen LogP contribution in [0, 0.1) is 13.8 Å². The van der Waals surface area contributed by atoms with Crippen LogP contribution in [0.5, 0.6) is 5.75 Å². The van der Waals surface area contributed by atoms with Crippen molar-refractivity contribution in [3.8, 4) is 16.9 Å². The molecule has 0 aliphatic carbocycles. The fourth-order valence-corrected chi connectivity index (χ4v) is 1.92. The second kappa shape index (κ2) is 5.92. The maximum Gasteiger partial charge on any atom is 0.119 e. The molecule has 0 atom stereocenters. The highest BCUT2D eigenvalue weighted by Gasteiger charge is 2.01. The summed E-state index contributed by atoms with van der Waals surface area (Å²) in [6.07, 6.45) is 0. The second-order valence-corrected chi connectivity index (χ2v) is 4.74. The van der Waals surface area contributed by atoms with Crippen molar-refractivity contribution in [1.29, 1.82) is 0 Å². The number of rotatable bonds is 4. The number of aryl methyl sites for hydroxylation is 2. The van der Waals surface area contributed by atoms with Crippen LogP contribution in [-0.2, 0) is 0 Å². The van der Waals surface area contributed by atoms with Crippen molar-refractivity contribution < 1.29 is 4.74 Å². The maximum atomic E-state index is 5.62. The first-order chi connectivity index (χ1) is 8.70. The smallest absolute Gasteiger partial charge is 0.119 e. The lowest BCUT2D eigenvalue weighted by molar-refractivity contribution is 0.343. The third-order valence-electron chi connectivity index (χ3n) is 3.02. The van der Waals surface area contributed by atoms with Gasteiger partial charge in [0.1, 0.15) is 12.4 Å². The van der Waals surface area contributed by atoms with Crippen LogP contribution < -0.4 is 4.74 Å². The molecule has 0 radical (unpaired) electrons. The predicted molar refractivity (Wildman–Crippen MR) is 77.6 cm³/mol. The summed E-state index contributed by atoms with van der Waals surface area (Å²) in [7, 11) is 0. The Balaban J connectivity index is 2.29. The van der Waals surface area contributed by atoms with Gasteiger partial charge in [-0.05, 0) is 48.2 Å². The molecular weight excluding hydrogens is 244 g/mol. The number of hydrogen-bond donors (Lipinski definition) is 0. The first-order valence-electron chi connectivity index (χ1n) is 6.07. The van der Waals surface area contributed by atoms with E-state index in [1.54, 1.807) is 0 Å². The van der Waals surface area contributed by atoms with Gasteiger partial charge in [-0.25, -0.2) is 0 Å². The van der Waals surface area contributed by atoms with Gasteiger partial charge in [-0.2, -0.15) is 0 Å². The highest BCUT2D eigenvalue weighted by atomic mass is 35.5. The summed E-state index contributed by atoms with van der Waals surface area (Å²) in [5, 5.41) is 0. The van der Waals surface area contributed by atoms with Gasteiger partial charge in [0.25, 0.3) is 0 Å². The Morgan fingerprint density at radius 3 is 2.44 bits per heavy atom. The molecule has 0 aliphatic rings. The van der Waals surface area contributed by atoms with Crippen LogP contribution in [0.25, 0.3) is 11.1 Å². The zero-order valence-electron chi connectivity index (χ0n) is 10.7. The van der Waals surface area contributed by atoms with Gasteiger partial charge in [0, 0.05) is 0 Å². The first-order valence-corrected chi connectivity index (χ1v) is 6.60. The summed E-state index contributed by atoms with van der Waals surface area (Å²) < 4.78 is 5.54. The zero-order valence-corrected chi connectivity index (χ0v) is 11.5. The molecule has 0 saturated carbocycles. The standard InChI is InChI=1S/C16H17ClO/c1-12-6-7-15(10-13(12)2)14-4-3-5-16(11-14)18-9-8-17/h3-7,10-11H,8-9H2,1-2H3. The molecule has 1 nitrogen and oxygen atoms in total. The normalized spacial score (nSPS) is 10.4. The van der Waals surface area contributed by atoms with Gasteiger partial charge in [0.2, 0.25) is 0 Å². The molecule has 0 aromatic heterocycles. The average molecular weight is 261 g/mol. The van der Waals surface area contributed by atoms with E-state index in [1.807, 2.05) is 12.1 Å². The fourth-order valence-electron chi connectivity index (χ4n) is 1.84. The molecular formula is C16H17ClO. The Labute approximate surface area is 113 Å². The topological polar surface area (TPSA) is 9.23 Å². The van der Waals surface area contributed by atoms with Crippen molar-refractivity contribution in [2.75, 3.05) is 12.5 Å². The largest absolute Gasteiger partial charge is 0.492 e. The molecule has 2 aromatic carbocycles. The van der Waals surface area contributed by atoms with Crippen LogP contribution in [0.2, 0.25) is 0 Å². The summed E-state index contributed by atoms with van der Waals surface area (Å²) >= 11 is 5.62. The maximum absolute atomic E-state index is 5.62. The summed E-state index contributed by atoms with van der Waals surface area (Å²) in [6, 6.07) is 14.6. The molecule has 0 bridgehead atoms. The van der Waals surface area contributed by atoms with Crippen molar-refractivity contribution in [2.45, 2.75) is 13.8 Å². The average Bonchev–Trinajstić information content (AvgIpc) is 2.40. The molecule has 0 unspecified atom stereocenters. The minimum Gasteiger partial charge on any atom is -0.492 e. The molecule has 2 rings (SSSR count). The lowest BCUT2D eigenvalue weighted by atomic mass is 10.0. The van der Waals surface area contributed by atoms with Gasteiger partial charge in [-0.15, -0.1) is 11.6 Å². The minimum atomic E-state index is 0.508. The van der Waals surface area contributed by atoms with E-state index in [-0.39, 0.29) is 0 Å². The van der Waals surface area contributed by atoms with Gasteiger partial charge >= 0.3 is 0 Å². The van der Waals surface area contributed by atoms with Gasteiger partial charge in [-0.3, -0.25) is 0 Å². The summed E-state index contributed by atoms with van der Waals surface area (Å²) in [4.78, 5) is 0. The second-order valence-electron chi connectivity index (χ2n) is 4.36. The van der Waals surface area contributed by atoms with Crippen LogP contribution in [0.3, 0.4) is 0 Å². The molecule has 0 fully saturated rings. The van der Waals surface area contributed by atoms with Crippen LogP contribution in [0.15, 0.2) is 42.5 Å². The minimum absolute atomic E-state index is 0.508. The quantitative estimate of drug-likeness (QED) is 0.731. The van der Waals surface area contributed by atoms with Crippen molar-refractivity contribution in [2.24, 2.45) is 0 Å². The monoisotopic (exact) mass is 260 g/mol. The van der Waals surface area contributed by atoms with Crippen LogP contribution >= 0.6 is 11.6 Å². The van der Waals surface area contributed by atoms with E-state index in [2.05, 4.69) is 44.2 Å². The molecule has 0 heterocycles. The van der Waals surface area contributed by atoms with Crippen LogP contribution in [-0.4, -0.2) is 12.5 Å². The number of halogens is 1. The number of benzene rings is 2. The molecule has 94 valence electrons.